The van der Waals surface area contributed by atoms with E-state index < -0.39 is 0 Å². The van der Waals surface area contributed by atoms with E-state index in [0.29, 0.717) is 32.8 Å². The number of benzene rings is 1. The molecule has 0 radical (unpaired) electrons. The van der Waals surface area contributed by atoms with Crippen molar-refractivity contribution in [1.29, 1.82) is 0 Å². The minimum absolute atomic E-state index is 0.00593. The highest BCUT2D eigenvalue weighted by atomic mass is 16.5. The lowest BCUT2D eigenvalue weighted by Crippen LogP contribution is -2.41. The molecule has 2 heterocycles. The Bertz CT molecular complexity index is 619. The van der Waals surface area contributed by atoms with Crippen molar-refractivity contribution in [3.05, 3.63) is 29.8 Å². The molecule has 1 saturated heterocycles. The van der Waals surface area contributed by atoms with Crippen LogP contribution in [0.4, 0.5) is 0 Å². The zero-order valence-corrected chi connectivity index (χ0v) is 14.8. The first-order chi connectivity index (χ1) is 12.2. The summed E-state index contributed by atoms with van der Waals surface area (Å²) in [6.45, 7) is 3.22. The lowest BCUT2D eigenvalue weighted by Gasteiger charge is -2.25. The van der Waals surface area contributed by atoms with E-state index in [-0.39, 0.29) is 24.3 Å². The number of hydrogen-bond acceptors (Lipinski definition) is 4. The van der Waals surface area contributed by atoms with Crippen molar-refractivity contribution < 1.29 is 19.1 Å². The molecule has 2 aliphatic rings. The van der Waals surface area contributed by atoms with Gasteiger partial charge in [-0.3, -0.25) is 9.59 Å². The van der Waals surface area contributed by atoms with Gasteiger partial charge in [0, 0.05) is 39.2 Å². The summed E-state index contributed by atoms with van der Waals surface area (Å²) in [4.78, 5) is 28.7. The van der Waals surface area contributed by atoms with E-state index in [4.69, 9.17) is 9.47 Å². The van der Waals surface area contributed by atoms with Crippen molar-refractivity contribution in [3.8, 4) is 5.75 Å². The Morgan fingerprint density at radius 1 is 1.16 bits per heavy atom. The molecule has 1 atom stereocenters. The number of carbonyl (C=O) groups excluding carboxylic acids is 2. The molecule has 0 saturated carbocycles. The number of hydrogen-bond donors (Lipinski definition) is 0. The summed E-state index contributed by atoms with van der Waals surface area (Å²) in [6, 6.07) is 7.95. The lowest BCUT2D eigenvalue weighted by molar-refractivity contribution is -0.137. The number of ether oxygens (including phenoxy) is 2. The van der Waals surface area contributed by atoms with Gasteiger partial charge in [0.2, 0.25) is 11.8 Å². The molecule has 1 unspecified atom stereocenters. The largest absolute Gasteiger partial charge is 0.493 e. The third kappa shape index (κ3) is 4.31. The number of nitrogens with zero attached hydrogens (tertiary/aromatic N) is 2. The summed E-state index contributed by atoms with van der Waals surface area (Å²) in [5.74, 6) is 1.02. The van der Waals surface area contributed by atoms with Crippen LogP contribution in [0.2, 0.25) is 0 Å². The van der Waals surface area contributed by atoms with Gasteiger partial charge in [0.15, 0.2) is 0 Å². The quantitative estimate of drug-likeness (QED) is 0.829. The summed E-state index contributed by atoms with van der Waals surface area (Å²) < 4.78 is 10.7. The monoisotopic (exact) mass is 346 g/mol. The van der Waals surface area contributed by atoms with E-state index in [0.717, 1.165) is 30.6 Å². The molecule has 2 amide bonds. The van der Waals surface area contributed by atoms with E-state index >= 15 is 0 Å². The van der Waals surface area contributed by atoms with Gasteiger partial charge in [-0.15, -0.1) is 0 Å². The fourth-order valence-electron chi connectivity index (χ4n) is 3.56. The maximum Gasteiger partial charge on any atom is 0.248 e. The van der Waals surface area contributed by atoms with Crippen molar-refractivity contribution >= 4 is 11.8 Å². The van der Waals surface area contributed by atoms with Gasteiger partial charge in [-0.05, 0) is 30.9 Å². The average molecular weight is 346 g/mol. The van der Waals surface area contributed by atoms with Crippen molar-refractivity contribution in [2.24, 2.45) is 5.92 Å². The zero-order valence-electron chi connectivity index (χ0n) is 14.8. The smallest absolute Gasteiger partial charge is 0.248 e. The van der Waals surface area contributed by atoms with Crippen LogP contribution in [0.25, 0.3) is 0 Å². The Morgan fingerprint density at radius 2 is 1.92 bits per heavy atom. The van der Waals surface area contributed by atoms with Crippen LogP contribution in [0.3, 0.4) is 0 Å². The highest BCUT2D eigenvalue weighted by Crippen LogP contribution is 2.27. The molecule has 0 spiro atoms. The van der Waals surface area contributed by atoms with E-state index in [9.17, 15) is 9.59 Å². The second kappa shape index (κ2) is 8.34. The molecule has 25 heavy (non-hydrogen) atoms. The molecule has 6 nitrogen and oxygen atoms in total. The van der Waals surface area contributed by atoms with Gasteiger partial charge in [-0.1, -0.05) is 18.2 Å². The summed E-state index contributed by atoms with van der Waals surface area (Å²) in [5.41, 5.74) is 1.10. The summed E-state index contributed by atoms with van der Waals surface area (Å²) in [5, 5.41) is 0. The second-order valence-corrected chi connectivity index (χ2v) is 6.64. The Balaban J connectivity index is 1.62. The molecule has 1 fully saturated rings. The van der Waals surface area contributed by atoms with Crippen LogP contribution in [0, 0.1) is 5.92 Å². The predicted octanol–water partition coefficient (Wildman–Crippen LogP) is 1.34. The SMILES string of the molecule is COCC(=O)N1CCCN(C(=O)C2CCOc3ccccc3C2)CC1. The Hall–Kier alpha value is -2.08. The van der Waals surface area contributed by atoms with Gasteiger partial charge < -0.3 is 19.3 Å². The van der Waals surface area contributed by atoms with Gasteiger partial charge in [0.25, 0.3) is 0 Å². The van der Waals surface area contributed by atoms with Gasteiger partial charge in [0.05, 0.1) is 6.61 Å². The molecule has 0 N–H and O–H groups in total. The summed E-state index contributed by atoms with van der Waals surface area (Å²) in [7, 11) is 1.53. The fourth-order valence-corrected chi connectivity index (χ4v) is 3.56. The Morgan fingerprint density at radius 3 is 2.76 bits per heavy atom. The number of amides is 2. The van der Waals surface area contributed by atoms with E-state index in [1.165, 1.54) is 7.11 Å². The van der Waals surface area contributed by atoms with Crippen LogP contribution in [0.15, 0.2) is 24.3 Å². The lowest BCUT2D eigenvalue weighted by atomic mass is 9.95. The minimum Gasteiger partial charge on any atom is -0.493 e. The van der Waals surface area contributed by atoms with Crippen LogP contribution < -0.4 is 4.74 Å². The molecule has 6 heteroatoms. The Labute approximate surface area is 148 Å². The highest BCUT2D eigenvalue weighted by molar-refractivity contribution is 5.80. The molecule has 1 aromatic rings. The first-order valence-electron chi connectivity index (χ1n) is 8.95. The number of carbonyl (C=O) groups is 2. The molecule has 3 rings (SSSR count). The topological polar surface area (TPSA) is 59.1 Å². The van der Waals surface area contributed by atoms with Crippen LogP contribution >= 0.6 is 0 Å². The molecule has 0 aromatic heterocycles. The minimum atomic E-state index is -0.0510. The van der Waals surface area contributed by atoms with Crippen molar-refractivity contribution in [1.82, 2.24) is 9.80 Å². The molecule has 0 bridgehead atoms. The van der Waals surface area contributed by atoms with E-state index in [1.807, 2.05) is 29.2 Å². The molecule has 0 aliphatic carbocycles. The van der Waals surface area contributed by atoms with Gasteiger partial charge in [-0.2, -0.15) is 0 Å². The third-order valence-corrected chi connectivity index (χ3v) is 4.94. The van der Waals surface area contributed by atoms with Gasteiger partial charge in [-0.25, -0.2) is 0 Å². The fraction of sp³-hybridized carbons (Fsp3) is 0.579. The second-order valence-electron chi connectivity index (χ2n) is 6.64. The first kappa shape index (κ1) is 17.7. The first-order valence-corrected chi connectivity index (χ1v) is 8.95. The predicted molar refractivity (Wildman–Crippen MR) is 93.4 cm³/mol. The van der Waals surface area contributed by atoms with Crippen molar-refractivity contribution in [2.45, 2.75) is 19.3 Å². The standard InChI is InChI=1S/C19H26N2O4/c1-24-14-18(22)20-8-4-9-21(11-10-20)19(23)16-7-12-25-17-6-3-2-5-15(17)13-16/h2-3,5-6,16H,4,7-14H2,1H3. The normalized spacial score (nSPS) is 20.9. The summed E-state index contributed by atoms with van der Waals surface area (Å²) in [6.07, 6.45) is 2.26. The van der Waals surface area contributed by atoms with Gasteiger partial charge in [0.1, 0.15) is 12.4 Å². The van der Waals surface area contributed by atoms with Crippen LogP contribution in [0.5, 0.6) is 5.75 Å². The number of fused-ring (bicyclic) bond motifs is 1. The molecule has 1 aromatic carbocycles. The average Bonchev–Trinajstić information content (AvgIpc) is 2.99. The van der Waals surface area contributed by atoms with Crippen LogP contribution in [-0.2, 0) is 20.7 Å². The third-order valence-electron chi connectivity index (χ3n) is 4.94. The van der Waals surface area contributed by atoms with Gasteiger partial charge >= 0.3 is 0 Å². The Kier molecular flexibility index (Phi) is 5.91. The number of methoxy groups -OCH3 is 1. The van der Waals surface area contributed by atoms with Crippen molar-refractivity contribution in [3.63, 3.8) is 0 Å². The zero-order chi connectivity index (χ0) is 17.6. The summed E-state index contributed by atoms with van der Waals surface area (Å²) >= 11 is 0. The van der Waals surface area contributed by atoms with Crippen molar-refractivity contribution in [2.75, 3.05) is 46.5 Å². The van der Waals surface area contributed by atoms with E-state index in [1.54, 1.807) is 4.90 Å². The van der Waals surface area contributed by atoms with Crippen LogP contribution in [-0.4, -0.2) is 68.1 Å². The molecule has 2 aliphatic heterocycles. The van der Waals surface area contributed by atoms with Crippen LogP contribution in [0.1, 0.15) is 18.4 Å². The maximum absolute atomic E-state index is 13.0. The number of para-hydroxylation sites is 1. The maximum atomic E-state index is 13.0. The number of rotatable bonds is 3. The van der Waals surface area contributed by atoms with E-state index in [2.05, 4.69) is 0 Å². The molecular formula is C19H26N2O4. The molecule has 136 valence electrons. The molecular weight excluding hydrogens is 320 g/mol. The highest BCUT2D eigenvalue weighted by Gasteiger charge is 2.29.